The molecule has 0 unspecified atom stereocenters. The Labute approximate surface area is 153 Å². The summed E-state index contributed by atoms with van der Waals surface area (Å²) in [5.41, 5.74) is 2.42. The van der Waals surface area contributed by atoms with Gasteiger partial charge in [0.2, 0.25) is 0 Å². The second-order valence-corrected chi connectivity index (χ2v) is 8.15. The van der Waals surface area contributed by atoms with E-state index < -0.39 is 0 Å². The number of rotatable bonds is 5. The largest absolute Gasteiger partial charge is 0.381 e. The van der Waals surface area contributed by atoms with Crippen molar-refractivity contribution >= 4 is 11.3 Å². The van der Waals surface area contributed by atoms with E-state index in [9.17, 15) is 0 Å². The first-order chi connectivity index (χ1) is 12.2. The highest BCUT2D eigenvalue weighted by Gasteiger charge is 2.44. The molecule has 0 aliphatic carbocycles. The molecule has 2 fully saturated rings. The molecule has 134 valence electrons. The number of likely N-dealkylation sites (tertiary alicyclic amines) is 2. The Kier molecular flexibility index (Phi) is 5.12. The normalized spacial score (nSPS) is 27.5. The van der Waals surface area contributed by atoms with Crippen LogP contribution in [0.4, 0.5) is 0 Å². The van der Waals surface area contributed by atoms with E-state index in [1.54, 1.807) is 11.3 Å². The number of hydrogen-bond donors (Lipinski definition) is 0. The minimum Gasteiger partial charge on any atom is -0.381 e. The summed E-state index contributed by atoms with van der Waals surface area (Å²) in [6, 6.07) is 4.74. The van der Waals surface area contributed by atoms with Gasteiger partial charge in [0.1, 0.15) is 5.01 Å². The highest BCUT2D eigenvalue weighted by atomic mass is 32.1. The maximum absolute atomic E-state index is 5.83. The highest BCUT2D eigenvalue weighted by Crippen LogP contribution is 2.34. The Morgan fingerprint density at radius 1 is 1.32 bits per heavy atom. The van der Waals surface area contributed by atoms with E-state index in [1.165, 1.54) is 10.6 Å². The molecule has 0 saturated carbocycles. The average molecular weight is 359 g/mol. The molecule has 2 aliphatic rings. The lowest BCUT2D eigenvalue weighted by Gasteiger charge is -2.40. The SMILES string of the molecule is CO[C@@H]1CCN(Cc2nc(C)cs2)[C@H]2CN(Cc3cccnc3)C[C@@H]12. The van der Waals surface area contributed by atoms with Gasteiger partial charge >= 0.3 is 0 Å². The molecule has 0 N–H and O–H groups in total. The quantitative estimate of drug-likeness (QED) is 0.822. The Bertz CT molecular complexity index is 692. The van der Waals surface area contributed by atoms with Crippen molar-refractivity contribution in [2.45, 2.75) is 38.6 Å². The van der Waals surface area contributed by atoms with E-state index in [4.69, 9.17) is 4.74 Å². The van der Waals surface area contributed by atoms with Crippen LogP contribution in [0, 0.1) is 12.8 Å². The summed E-state index contributed by atoms with van der Waals surface area (Å²) in [4.78, 5) is 14.1. The molecule has 2 saturated heterocycles. The van der Waals surface area contributed by atoms with Crippen molar-refractivity contribution in [1.82, 2.24) is 19.8 Å². The Hall–Kier alpha value is -1.34. The van der Waals surface area contributed by atoms with Crippen LogP contribution in [0.1, 0.15) is 22.7 Å². The van der Waals surface area contributed by atoms with Crippen molar-refractivity contribution in [1.29, 1.82) is 0 Å². The summed E-state index contributed by atoms with van der Waals surface area (Å²) in [5, 5.41) is 3.38. The molecule has 3 atom stereocenters. The van der Waals surface area contributed by atoms with E-state index in [0.717, 1.165) is 44.8 Å². The summed E-state index contributed by atoms with van der Waals surface area (Å²) in [6.45, 7) is 7.32. The van der Waals surface area contributed by atoms with Gasteiger partial charge in [-0.3, -0.25) is 14.8 Å². The Morgan fingerprint density at radius 3 is 2.96 bits per heavy atom. The van der Waals surface area contributed by atoms with Crippen molar-refractivity contribution in [2.24, 2.45) is 5.92 Å². The van der Waals surface area contributed by atoms with Crippen molar-refractivity contribution in [2.75, 3.05) is 26.7 Å². The fourth-order valence-corrected chi connectivity index (χ4v) is 5.13. The molecular weight excluding hydrogens is 332 g/mol. The van der Waals surface area contributed by atoms with Crippen molar-refractivity contribution < 1.29 is 4.74 Å². The van der Waals surface area contributed by atoms with Crippen LogP contribution in [-0.4, -0.2) is 58.7 Å². The molecule has 0 aromatic carbocycles. The fourth-order valence-electron chi connectivity index (χ4n) is 4.34. The number of nitrogens with zero attached hydrogens (tertiary/aromatic N) is 4. The van der Waals surface area contributed by atoms with Crippen LogP contribution in [-0.2, 0) is 17.8 Å². The first kappa shape index (κ1) is 17.1. The molecule has 4 heterocycles. The predicted octanol–water partition coefficient (Wildman–Crippen LogP) is 2.57. The van der Waals surface area contributed by atoms with Crippen molar-refractivity contribution in [3.05, 3.63) is 46.2 Å². The van der Waals surface area contributed by atoms with E-state index in [-0.39, 0.29) is 0 Å². The third kappa shape index (κ3) is 3.77. The summed E-state index contributed by atoms with van der Waals surface area (Å²) in [7, 11) is 1.87. The topological polar surface area (TPSA) is 41.5 Å². The molecule has 5 nitrogen and oxygen atoms in total. The van der Waals surface area contributed by atoms with Crippen LogP contribution in [0.15, 0.2) is 29.9 Å². The zero-order chi connectivity index (χ0) is 17.2. The molecule has 0 amide bonds. The van der Waals surface area contributed by atoms with Gasteiger partial charge in [-0.05, 0) is 25.0 Å². The van der Waals surface area contributed by atoms with Crippen LogP contribution >= 0.6 is 11.3 Å². The zero-order valence-corrected chi connectivity index (χ0v) is 15.8. The fraction of sp³-hybridized carbons (Fsp3) is 0.579. The average Bonchev–Trinajstić information content (AvgIpc) is 3.22. The van der Waals surface area contributed by atoms with E-state index in [2.05, 4.69) is 38.1 Å². The third-order valence-electron chi connectivity index (χ3n) is 5.49. The number of aromatic nitrogens is 2. The monoisotopic (exact) mass is 358 g/mol. The maximum atomic E-state index is 5.83. The second-order valence-electron chi connectivity index (χ2n) is 7.20. The summed E-state index contributed by atoms with van der Waals surface area (Å²) < 4.78 is 5.83. The molecule has 0 spiro atoms. The number of aryl methyl sites for hydroxylation is 1. The van der Waals surface area contributed by atoms with Crippen LogP contribution in [0.2, 0.25) is 0 Å². The Balaban J connectivity index is 1.47. The van der Waals surface area contributed by atoms with Crippen LogP contribution in [0.5, 0.6) is 0 Å². The van der Waals surface area contributed by atoms with Crippen LogP contribution in [0.3, 0.4) is 0 Å². The molecule has 2 aliphatic heterocycles. The molecule has 25 heavy (non-hydrogen) atoms. The lowest BCUT2D eigenvalue weighted by Crippen LogP contribution is -2.50. The molecule has 4 rings (SSSR count). The van der Waals surface area contributed by atoms with E-state index in [0.29, 0.717) is 18.1 Å². The van der Waals surface area contributed by atoms with Gasteiger partial charge in [-0.25, -0.2) is 4.98 Å². The number of hydrogen-bond acceptors (Lipinski definition) is 6. The second kappa shape index (κ2) is 7.50. The standard InChI is InChI=1S/C19H26N4OS/c1-14-13-25-19(21-14)12-23-7-5-18(24-2)16-10-22(11-17(16)23)9-15-4-3-6-20-8-15/h3-4,6,8,13,16-18H,5,7,9-12H2,1-2H3/t16-,17+,18-/m1/s1. The first-order valence-corrected chi connectivity index (χ1v) is 9.90. The molecule has 0 radical (unpaired) electrons. The van der Waals surface area contributed by atoms with Gasteiger partial charge in [-0.15, -0.1) is 11.3 Å². The van der Waals surface area contributed by atoms with Gasteiger partial charge < -0.3 is 4.74 Å². The van der Waals surface area contributed by atoms with Crippen molar-refractivity contribution in [3.63, 3.8) is 0 Å². The zero-order valence-electron chi connectivity index (χ0n) is 15.0. The predicted molar refractivity (Wildman–Crippen MR) is 99.5 cm³/mol. The molecular formula is C19H26N4OS. The summed E-state index contributed by atoms with van der Waals surface area (Å²) in [6.07, 6.45) is 5.30. The van der Waals surface area contributed by atoms with Crippen LogP contribution in [0.25, 0.3) is 0 Å². The molecule has 0 bridgehead atoms. The number of ether oxygens (including phenoxy) is 1. The minimum absolute atomic E-state index is 0.373. The van der Waals surface area contributed by atoms with Gasteiger partial charge in [0.15, 0.2) is 0 Å². The van der Waals surface area contributed by atoms with E-state index in [1.807, 2.05) is 25.6 Å². The molecule has 2 aromatic heterocycles. The number of methoxy groups -OCH3 is 1. The van der Waals surface area contributed by atoms with Gasteiger partial charge in [-0.1, -0.05) is 6.07 Å². The third-order valence-corrected chi connectivity index (χ3v) is 6.44. The van der Waals surface area contributed by atoms with Gasteiger partial charge in [0.05, 0.1) is 12.6 Å². The Morgan fingerprint density at radius 2 is 2.24 bits per heavy atom. The lowest BCUT2D eigenvalue weighted by atomic mass is 9.89. The van der Waals surface area contributed by atoms with Crippen LogP contribution < -0.4 is 0 Å². The number of piperidine rings is 1. The summed E-state index contributed by atoms with van der Waals surface area (Å²) in [5.74, 6) is 0.580. The minimum atomic E-state index is 0.373. The first-order valence-electron chi connectivity index (χ1n) is 9.02. The lowest BCUT2D eigenvalue weighted by molar-refractivity contribution is -0.0245. The summed E-state index contributed by atoms with van der Waals surface area (Å²) >= 11 is 1.78. The number of fused-ring (bicyclic) bond motifs is 1. The molecule has 2 aromatic rings. The van der Waals surface area contributed by atoms with Gasteiger partial charge in [0.25, 0.3) is 0 Å². The number of thiazole rings is 1. The van der Waals surface area contributed by atoms with E-state index >= 15 is 0 Å². The van der Waals surface area contributed by atoms with Gasteiger partial charge in [0, 0.05) is 68.7 Å². The smallest absolute Gasteiger partial charge is 0.107 e. The van der Waals surface area contributed by atoms with Gasteiger partial charge in [-0.2, -0.15) is 0 Å². The molecule has 6 heteroatoms. The van der Waals surface area contributed by atoms with Crippen molar-refractivity contribution in [3.8, 4) is 0 Å². The highest BCUT2D eigenvalue weighted by molar-refractivity contribution is 7.09. The number of pyridine rings is 1. The maximum Gasteiger partial charge on any atom is 0.107 e.